The fraction of sp³-hybridized carbons (Fsp3) is 0.867. The third kappa shape index (κ3) is 5.49. The van der Waals surface area contributed by atoms with Gasteiger partial charge in [-0.3, -0.25) is 9.59 Å². The molecule has 0 unspecified atom stereocenters. The lowest BCUT2D eigenvalue weighted by molar-refractivity contribution is -0.140. The van der Waals surface area contributed by atoms with Gasteiger partial charge in [-0.25, -0.2) is 0 Å². The molecule has 0 aromatic carbocycles. The average Bonchev–Trinajstić information content (AvgIpc) is 2.35. The SMILES string of the molecule is C[C@@H](O)CNC(=O)C(=O)NC1CCC(C(C)(C)C)CC1. The van der Waals surface area contributed by atoms with Crippen LogP contribution in [0.15, 0.2) is 0 Å². The molecule has 0 bridgehead atoms. The van der Waals surface area contributed by atoms with Crippen LogP contribution < -0.4 is 10.6 Å². The summed E-state index contributed by atoms with van der Waals surface area (Å²) in [5.74, 6) is -0.576. The van der Waals surface area contributed by atoms with Crippen LogP contribution in [-0.2, 0) is 9.59 Å². The second-order valence-corrected chi connectivity index (χ2v) is 6.95. The van der Waals surface area contributed by atoms with E-state index in [-0.39, 0.29) is 12.6 Å². The summed E-state index contributed by atoms with van der Waals surface area (Å²) < 4.78 is 0. The molecule has 0 aliphatic heterocycles. The molecule has 0 saturated heterocycles. The van der Waals surface area contributed by atoms with E-state index in [0.29, 0.717) is 11.3 Å². The molecule has 0 radical (unpaired) electrons. The van der Waals surface area contributed by atoms with Crippen LogP contribution in [0.3, 0.4) is 0 Å². The zero-order valence-electron chi connectivity index (χ0n) is 13.0. The van der Waals surface area contributed by atoms with E-state index in [1.165, 1.54) is 0 Å². The van der Waals surface area contributed by atoms with E-state index in [9.17, 15) is 9.59 Å². The summed E-state index contributed by atoms with van der Waals surface area (Å²) >= 11 is 0. The number of aliphatic hydroxyl groups excluding tert-OH is 1. The largest absolute Gasteiger partial charge is 0.392 e. The first-order valence-electron chi connectivity index (χ1n) is 7.47. The molecule has 1 rings (SSSR count). The van der Waals surface area contributed by atoms with Gasteiger partial charge in [-0.1, -0.05) is 20.8 Å². The maximum atomic E-state index is 11.7. The lowest BCUT2D eigenvalue weighted by atomic mass is 9.71. The van der Waals surface area contributed by atoms with Crippen LogP contribution in [0.4, 0.5) is 0 Å². The number of rotatable bonds is 3. The summed E-state index contributed by atoms with van der Waals surface area (Å²) in [5, 5.41) is 14.2. The minimum absolute atomic E-state index is 0.0957. The summed E-state index contributed by atoms with van der Waals surface area (Å²) in [6.07, 6.45) is 3.39. The Morgan fingerprint density at radius 3 is 2.15 bits per heavy atom. The van der Waals surface area contributed by atoms with Crippen molar-refractivity contribution in [1.29, 1.82) is 0 Å². The molecule has 0 spiro atoms. The van der Waals surface area contributed by atoms with Gasteiger partial charge in [0.05, 0.1) is 6.10 Å². The molecule has 0 heterocycles. The lowest BCUT2D eigenvalue weighted by Crippen LogP contribution is -2.47. The van der Waals surface area contributed by atoms with Gasteiger partial charge in [0.25, 0.3) is 0 Å². The van der Waals surface area contributed by atoms with Crippen LogP contribution in [0.1, 0.15) is 53.4 Å². The Labute approximate surface area is 121 Å². The molecule has 1 saturated carbocycles. The van der Waals surface area contributed by atoms with Crippen molar-refractivity contribution < 1.29 is 14.7 Å². The average molecular weight is 284 g/mol. The molecule has 20 heavy (non-hydrogen) atoms. The smallest absolute Gasteiger partial charge is 0.309 e. The summed E-state index contributed by atoms with van der Waals surface area (Å²) in [5.41, 5.74) is 0.309. The predicted octanol–water partition coefficient (Wildman–Crippen LogP) is 1.20. The number of hydrogen-bond acceptors (Lipinski definition) is 3. The van der Waals surface area contributed by atoms with Crippen LogP contribution in [-0.4, -0.2) is 35.6 Å². The van der Waals surface area contributed by atoms with Gasteiger partial charge in [0.1, 0.15) is 0 Å². The molecular weight excluding hydrogens is 256 g/mol. The number of aliphatic hydroxyl groups is 1. The Balaban J connectivity index is 2.33. The molecule has 0 aromatic rings. The first-order valence-corrected chi connectivity index (χ1v) is 7.47. The molecule has 1 atom stereocenters. The van der Waals surface area contributed by atoms with Gasteiger partial charge in [0.2, 0.25) is 0 Å². The number of amides is 2. The van der Waals surface area contributed by atoms with E-state index in [2.05, 4.69) is 31.4 Å². The highest BCUT2D eigenvalue weighted by atomic mass is 16.3. The summed E-state index contributed by atoms with van der Waals surface area (Å²) in [6, 6.07) is 0.0957. The third-order valence-electron chi connectivity index (χ3n) is 4.05. The molecule has 2 amide bonds. The lowest BCUT2D eigenvalue weighted by Gasteiger charge is -2.37. The van der Waals surface area contributed by atoms with Gasteiger partial charge in [-0.2, -0.15) is 0 Å². The van der Waals surface area contributed by atoms with E-state index in [1.807, 2.05) is 0 Å². The minimum atomic E-state index is -0.663. The van der Waals surface area contributed by atoms with Crippen molar-refractivity contribution in [2.75, 3.05) is 6.54 Å². The molecule has 5 heteroatoms. The number of carbonyl (C=O) groups is 2. The van der Waals surface area contributed by atoms with Crippen molar-refractivity contribution in [3.05, 3.63) is 0 Å². The standard InChI is InChI=1S/C15H28N2O3/c1-10(18)9-16-13(19)14(20)17-12-7-5-11(6-8-12)15(2,3)4/h10-12,18H,5-9H2,1-4H3,(H,16,19)(H,17,20)/t10-,11?,12?/m1/s1. The van der Waals surface area contributed by atoms with Gasteiger partial charge >= 0.3 is 11.8 Å². The van der Waals surface area contributed by atoms with Crippen molar-refractivity contribution >= 4 is 11.8 Å². The molecule has 1 aliphatic carbocycles. The van der Waals surface area contributed by atoms with Gasteiger partial charge < -0.3 is 15.7 Å². The zero-order valence-corrected chi connectivity index (χ0v) is 13.0. The normalized spacial score (nSPS) is 24.9. The summed E-state index contributed by atoms with van der Waals surface area (Å²) in [7, 11) is 0. The van der Waals surface area contributed by atoms with Gasteiger partial charge in [0, 0.05) is 12.6 Å². The minimum Gasteiger partial charge on any atom is -0.392 e. The topological polar surface area (TPSA) is 78.4 Å². The molecule has 3 N–H and O–H groups in total. The van der Waals surface area contributed by atoms with Crippen molar-refractivity contribution in [2.24, 2.45) is 11.3 Å². The zero-order chi connectivity index (χ0) is 15.3. The quantitative estimate of drug-likeness (QED) is 0.682. The van der Waals surface area contributed by atoms with Crippen LogP contribution in [0, 0.1) is 11.3 Å². The van der Waals surface area contributed by atoms with Gasteiger partial charge in [-0.05, 0) is 43.9 Å². The first kappa shape index (κ1) is 17.0. The van der Waals surface area contributed by atoms with Crippen LogP contribution in [0.5, 0.6) is 0 Å². The third-order valence-corrected chi connectivity index (χ3v) is 4.05. The Hall–Kier alpha value is -1.10. The van der Waals surface area contributed by atoms with Crippen molar-refractivity contribution in [3.63, 3.8) is 0 Å². The highest BCUT2D eigenvalue weighted by molar-refractivity contribution is 6.35. The summed E-state index contributed by atoms with van der Waals surface area (Å²) in [4.78, 5) is 23.2. The molecular formula is C15H28N2O3. The fourth-order valence-electron chi connectivity index (χ4n) is 2.68. The Bertz CT molecular complexity index is 340. The van der Waals surface area contributed by atoms with Crippen molar-refractivity contribution in [3.8, 4) is 0 Å². The maximum Gasteiger partial charge on any atom is 0.309 e. The van der Waals surface area contributed by atoms with Crippen LogP contribution >= 0.6 is 0 Å². The predicted molar refractivity (Wildman–Crippen MR) is 78.0 cm³/mol. The second-order valence-electron chi connectivity index (χ2n) is 6.95. The molecule has 5 nitrogen and oxygen atoms in total. The Kier molecular flexibility index (Phi) is 5.99. The van der Waals surface area contributed by atoms with Crippen LogP contribution in [0.25, 0.3) is 0 Å². The number of carbonyl (C=O) groups excluding carboxylic acids is 2. The van der Waals surface area contributed by atoms with E-state index in [1.54, 1.807) is 6.92 Å². The number of nitrogens with one attached hydrogen (secondary N) is 2. The van der Waals surface area contributed by atoms with Crippen molar-refractivity contribution in [1.82, 2.24) is 10.6 Å². The first-order chi connectivity index (χ1) is 9.20. The molecule has 0 aromatic heterocycles. The van der Waals surface area contributed by atoms with Gasteiger partial charge in [-0.15, -0.1) is 0 Å². The van der Waals surface area contributed by atoms with E-state index in [4.69, 9.17) is 5.11 Å². The Morgan fingerprint density at radius 1 is 1.15 bits per heavy atom. The highest BCUT2D eigenvalue weighted by Gasteiger charge is 2.30. The molecule has 1 aliphatic rings. The van der Waals surface area contributed by atoms with Crippen molar-refractivity contribution in [2.45, 2.75) is 65.5 Å². The molecule has 116 valence electrons. The van der Waals surface area contributed by atoms with E-state index in [0.717, 1.165) is 25.7 Å². The highest BCUT2D eigenvalue weighted by Crippen LogP contribution is 2.37. The van der Waals surface area contributed by atoms with Crippen LogP contribution in [0.2, 0.25) is 0 Å². The maximum absolute atomic E-state index is 11.7. The second kappa shape index (κ2) is 7.07. The summed E-state index contributed by atoms with van der Waals surface area (Å²) in [6.45, 7) is 8.41. The number of hydrogen-bond donors (Lipinski definition) is 3. The van der Waals surface area contributed by atoms with E-state index < -0.39 is 17.9 Å². The van der Waals surface area contributed by atoms with Gasteiger partial charge in [0.15, 0.2) is 0 Å². The van der Waals surface area contributed by atoms with E-state index >= 15 is 0 Å². The molecule has 1 fully saturated rings. The fourth-order valence-corrected chi connectivity index (χ4v) is 2.68. The monoisotopic (exact) mass is 284 g/mol. The Morgan fingerprint density at radius 2 is 1.70 bits per heavy atom.